The molecule has 2 saturated heterocycles. The Morgan fingerprint density at radius 3 is 1.95 bits per heavy atom. The van der Waals surface area contributed by atoms with Gasteiger partial charge in [-0.25, -0.2) is 9.97 Å². The van der Waals surface area contributed by atoms with Gasteiger partial charge < -0.3 is 20.1 Å². The maximum atomic E-state index is 5.49. The fourth-order valence-electron chi connectivity index (χ4n) is 4.06. The molecule has 1 aromatic carbocycles. The largest absolute Gasteiger partial charge is 0.379 e. The summed E-state index contributed by atoms with van der Waals surface area (Å²) in [6.45, 7) is 12.5. The van der Waals surface area contributed by atoms with Crippen molar-refractivity contribution >= 4 is 34.8 Å². The standard InChI is InChI=1S/C26H40N8O2S/c1-2-3-21-37-26-29-24(27-9-11-33-13-17-35-18-14-33)23(32-31-22-7-5-4-6-8-22)25(30-26)28-10-12-34-15-19-36-20-16-34/h4-8H,2-3,9-21H2,1H3,(H2,27,28,29,30)/b32-31+. The highest BCUT2D eigenvalue weighted by Gasteiger charge is 2.17. The first kappa shape index (κ1) is 27.7. The summed E-state index contributed by atoms with van der Waals surface area (Å²) in [4.78, 5) is 14.6. The summed E-state index contributed by atoms with van der Waals surface area (Å²) in [7, 11) is 0. The highest BCUT2D eigenvalue weighted by Crippen LogP contribution is 2.34. The predicted octanol–water partition coefficient (Wildman–Crippen LogP) is 4.27. The molecule has 0 radical (unpaired) electrons. The lowest BCUT2D eigenvalue weighted by Crippen LogP contribution is -2.39. The molecule has 10 nitrogen and oxygen atoms in total. The summed E-state index contributed by atoms with van der Waals surface area (Å²) >= 11 is 1.69. The summed E-state index contributed by atoms with van der Waals surface area (Å²) < 4.78 is 11.0. The molecule has 2 fully saturated rings. The molecule has 0 spiro atoms. The quantitative estimate of drug-likeness (QED) is 0.161. The van der Waals surface area contributed by atoms with E-state index in [4.69, 9.17) is 19.4 Å². The van der Waals surface area contributed by atoms with Gasteiger partial charge in [0.2, 0.25) is 0 Å². The summed E-state index contributed by atoms with van der Waals surface area (Å²) in [6, 6.07) is 9.77. The Morgan fingerprint density at radius 1 is 0.838 bits per heavy atom. The number of ether oxygens (including phenoxy) is 2. The van der Waals surface area contributed by atoms with Gasteiger partial charge in [0.05, 0.1) is 32.1 Å². The van der Waals surface area contributed by atoms with E-state index in [0.29, 0.717) is 5.69 Å². The number of nitrogens with one attached hydrogen (secondary N) is 2. The van der Waals surface area contributed by atoms with E-state index in [1.807, 2.05) is 30.3 Å². The van der Waals surface area contributed by atoms with Crippen LogP contribution in [0.15, 0.2) is 45.7 Å². The number of anilines is 2. The molecule has 11 heteroatoms. The molecule has 0 bridgehead atoms. The van der Waals surface area contributed by atoms with Crippen molar-refractivity contribution in [2.75, 3.05) is 95.2 Å². The van der Waals surface area contributed by atoms with Crippen LogP contribution in [0.3, 0.4) is 0 Å². The van der Waals surface area contributed by atoms with Crippen LogP contribution in [0.25, 0.3) is 0 Å². The minimum atomic E-state index is 0.646. The smallest absolute Gasteiger partial charge is 0.191 e. The van der Waals surface area contributed by atoms with Gasteiger partial charge in [-0.3, -0.25) is 9.80 Å². The molecule has 1 aromatic heterocycles. The number of aromatic nitrogens is 2. The fourth-order valence-corrected chi connectivity index (χ4v) is 4.99. The van der Waals surface area contributed by atoms with Crippen LogP contribution >= 0.6 is 11.8 Å². The van der Waals surface area contributed by atoms with E-state index in [0.717, 1.165) is 120 Å². The van der Waals surface area contributed by atoms with Crippen LogP contribution in [0.5, 0.6) is 0 Å². The fraction of sp³-hybridized carbons (Fsp3) is 0.615. The zero-order valence-electron chi connectivity index (χ0n) is 21.9. The van der Waals surface area contributed by atoms with Crippen molar-refractivity contribution in [3.8, 4) is 0 Å². The molecule has 0 atom stereocenters. The van der Waals surface area contributed by atoms with E-state index in [-0.39, 0.29) is 0 Å². The molecule has 0 saturated carbocycles. The van der Waals surface area contributed by atoms with Crippen molar-refractivity contribution in [1.29, 1.82) is 0 Å². The van der Waals surface area contributed by atoms with Crippen molar-refractivity contribution in [3.05, 3.63) is 30.3 Å². The first-order valence-corrected chi connectivity index (χ1v) is 14.4. The summed E-state index contributed by atoms with van der Waals surface area (Å²) in [5.74, 6) is 2.42. The van der Waals surface area contributed by atoms with Crippen LogP contribution < -0.4 is 10.6 Å². The lowest BCUT2D eigenvalue weighted by Gasteiger charge is -2.27. The third-order valence-corrected chi connectivity index (χ3v) is 7.20. The van der Waals surface area contributed by atoms with Crippen LogP contribution in [0, 0.1) is 0 Å². The van der Waals surface area contributed by atoms with E-state index in [2.05, 4.69) is 37.6 Å². The van der Waals surface area contributed by atoms with Crippen molar-refractivity contribution in [2.24, 2.45) is 10.2 Å². The van der Waals surface area contributed by atoms with E-state index in [1.54, 1.807) is 11.8 Å². The first-order chi connectivity index (χ1) is 18.3. The predicted molar refractivity (Wildman–Crippen MR) is 150 cm³/mol. The van der Waals surface area contributed by atoms with Crippen LogP contribution in [0.1, 0.15) is 19.8 Å². The van der Waals surface area contributed by atoms with Crippen LogP contribution in [-0.2, 0) is 9.47 Å². The Bertz CT molecular complexity index is 908. The molecule has 202 valence electrons. The van der Waals surface area contributed by atoms with Crippen LogP contribution in [0.4, 0.5) is 23.0 Å². The maximum absolute atomic E-state index is 5.49. The van der Waals surface area contributed by atoms with E-state index >= 15 is 0 Å². The molecule has 4 rings (SSSR count). The number of azo groups is 1. The molecule has 0 aliphatic carbocycles. The van der Waals surface area contributed by atoms with Gasteiger partial charge in [0.15, 0.2) is 22.5 Å². The number of nitrogens with zero attached hydrogens (tertiary/aromatic N) is 6. The lowest BCUT2D eigenvalue weighted by molar-refractivity contribution is 0.0398. The number of hydrogen-bond donors (Lipinski definition) is 2. The van der Waals surface area contributed by atoms with Crippen molar-refractivity contribution < 1.29 is 9.47 Å². The molecule has 2 N–H and O–H groups in total. The molecule has 3 heterocycles. The number of hydrogen-bond acceptors (Lipinski definition) is 11. The molecular weight excluding hydrogens is 488 g/mol. The van der Waals surface area contributed by atoms with Gasteiger partial charge in [0.1, 0.15) is 0 Å². The second kappa shape index (κ2) is 15.8. The minimum absolute atomic E-state index is 0.646. The SMILES string of the molecule is CCCCSc1nc(NCCN2CCOCC2)c(/N=N/c2ccccc2)c(NCCN2CCOCC2)n1. The Labute approximate surface area is 224 Å². The van der Waals surface area contributed by atoms with Crippen LogP contribution in [-0.4, -0.2) is 104 Å². The van der Waals surface area contributed by atoms with Crippen molar-refractivity contribution in [3.63, 3.8) is 0 Å². The van der Waals surface area contributed by atoms with Gasteiger partial charge in [-0.05, 0) is 18.6 Å². The molecular formula is C26H40N8O2S. The molecule has 0 unspecified atom stereocenters. The summed E-state index contributed by atoms with van der Waals surface area (Å²) in [5.41, 5.74) is 1.44. The Hall–Kier alpha value is -2.31. The van der Waals surface area contributed by atoms with Gasteiger partial charge in [0.25, 0.3) is 0 Å². The highest BCUT2D eigenvalue weighted by molar-refractivity contribution is 7.99. The van der Waals surface area contributed by atoms with E-state index in [1.165, 1.54) is 0 Å². The summed E-state index contributed by atoms with van der Waals surface area (Å²) in [6.07, 6.45) is 2.27. The van der Waals surface area contributed by atoms with Gasteiger partial charge in [-0.15, -0.1) is 5.11 Å². The average molecular weight is 529 g/mol. The summed E-state index contributed by atoms with van der Waals surface area (Å²) in [5, 5.41) is 17.0. The Balaban J connectivity index is 1.53. The third-order valence-electron chi connectivity index (χ3n) is 6.26. The third kappa shape index (κ3) is 9.50. The monoisotopic (exact) mass is 528 g/mol. The zero-order valence-corrected chi connectivity index (χ0v) is 22.7. The Kier molecular flexibility index (Phi) is 11.9. The van der Waals surface area contributed by atoms with Gasteiger partial charge in [-0.2, -0.15) is 5.11 Å². The average Bonchev–Trinajstić information content (AvgIpc) is 2.94. The topological polar surface area (TPSA) is 99.5 Å². The van der Waals surface area contributed by atoms with Crippen molar-refractivity contribution in [2.45, 2.75) is 24.9 Å². The molecule has 2 aromatic rings. The number of benzene rings is 1. The lowest BCUT2D eigenvalue weighted by atomic mass is 10.3. The molecule has 2 aliphatic heterocycles. The van der Waals surface area contributed by atoms with E-state index in [9.17, 15) is 0 Å². The highest BCUT2D eigenvalue weighted by atomic mass is 32.2. The Morgan fingerprint density at radius 2 is 1.41 bits per heavy atom. The van der Waals surface area contributed by atoms with Gasteiger partial charge >= 0.3 is 0 Å². The zero-order chi connectivity index (χ0) is 25.5. The number of thioether (sulfide) groups is 1. The second-order valence-electron chi connectivity index (χ2n) is 9.05. The van der Waals surface area contributed by atoms with Crippen molar-refractivity contribution in [1.82, 2.24) is 19.8 Å². The number of unbranched alkanes of at least 4 members (excludes halogenated alkanes) is 1. The second-order valence-corrected chi connectivity index (χ2v) is 10.1. The maximum Gasteiger partial charge on any atom is 0.191 e. The number of rotatable bonds is 14. The van der Waals surface area contributed by atoms with E-state index < -0.39 is 0 Å². The molecule has 37 heavy (non-hydrogen) atoms. The van der Waals surface area contributed by atoms with Gasteiger partial charge in [-0.1, -0.05) is 43.3 Å². The normalized spacial score (nSPS) is 17.3. The molecule has 2 aliphatic rings. The van der Waals surface area contributed by atoms with Crippen LogP contribution in [0.2, 0.25) is 0 Å². The minimum Gasteiger partial charge on any atom is -0.379 e. The van der Waals surface area contributed by atoms with Gasteiger partial charge in [0, 0.05) is 58.1 Å². The molecule has 0 amide bonds. The first-order valence-electron chi connectivity index (χ1n) is 13.4. The number of morpholine rings is 2.